The zero-order valence-electron chi connectivity index (χ0n) is 13.6. The van der Waals surface area contributed by atoms with Gasteiger partial charge in [0.15, 0.2) is 0 Å². The molecule has 0 spiro atoms. The van der Waals surface area contributed by atoms with Gasteiger partial charge in [-0.15, -0.1) is 0 Å². The van der Waals surface area contributed by atoms with Crippen LogP contribution in [0.25, 0.3) is 0 Å². The molecule has 0 unspecified atom stereocenters. The second-order valence-corrected chi connectivity index (χ2v) is 5.88. The minimum absolute atomic E-state index is 0.294. The second-order valence-electron chi connectivity index (χ2n) is 5.88. The van der Waals surface area contributed by atoms with E-state index in [2.05, 4.69) is 60.9 Å². The van der Waals surface area contributed by atoms with Crippen molar-refractivity contribution in [2.24, 2.45) is 0 Å². The van der Waals surface area contributed by atoms with Crippen LogP contribution in [-0.2, 0) is 13.0 Å². The average molecular weight is 312 g/mol. The van der Waals surface area contributed by atoms with E-state index in [1.165, 1.54) is 11.1 Å². The Bertz CT molecular complexity index is 628. The standard InChI is InChI=1S/C19H24N2O2/c1-14(21-15(2)18-9-4-3-5-10-18)11-16-7-6-8-17(12-16)13-20-19(22)23/h3-10,12,14-15,20-21H,11,13H2,1-2H3,(H,22,23)/t14-,15-/m1/s1. The van der Waals surface area contributed by atoms with Crippen molar-refractivity contribution < 1.29 is 9.90 Å². The average Bonchev–Trinajstić information content (AvgIpc) is 2.54. The number of hydrogen-bond donors (Lipinski definition) is 3. The first-order valence-electron chi connectivity index (χ1n) is 7.90. The number of benzene rings is 2. The molecule has 3 N–H and O–H groups in total. The molecule has 0 aromatic heterocycles. The summed E-state index contributed by atoms with van der Waals surface area (Å²) in [7, 11) is 0. The minimum atomic E-state index is -0.998. The molecular weight excluding hydrogens is 288 g/mol. The van der Waals surface area contributed by atoms with Gasteiger partial charge < -0.3 is 15.7 Å². The van der Waals surface area contributed by atoms with E-state index in [0.29, 0.717) is 18.6 Å². The normalized spacial score (nSPS) is 13.3. The SMILES string of the molecule is C[C@H](Cc1cccc(CNC(=O)O)c1)N[C@H](C)c1ccccc1. The Kier molecular flexibility index (Phi) is 6.18. The molecule has 0 radical (unpaired) electrons. The smallest absolute Gasteiger partial charge is 0.404 e. The van der Waals surface area contributed by atoms with Crippen molar-refractivity contribution in [3.63, 3.8) is 0 Å². The maximum atomic E-state index is 10.6. The number of hydrogen-bond acceptors (Lipinski definition) is 2. The van der Waals surface area contributed by atoms with E-state index in [1.807, 2.05) is 18.2 Å². The lowest BCUT2D eigenvalue weighted by Gasteiger charge is -2.20. The fraction of sp³-hybridized carbons (Fsp3) is 0.316. The van der Waals surface area contributed by atoms with Crippen molar-refractivity contribution in [1.82, 2.24) is 10.6 Å². The lowest BCUT2D eigenvalue weighted by Crippen LogP contribution is -2.30. The Hall–Kier alpha value is -2.33. The molecule has 2 aromatic carbocycles. The highest BCUT2D eigenvalue weighted by molar-refractivity contribution is 5.64. The lowest BCUT2D eigenvalue weighted by atomic mass is 10.0. The van der Waals surface area contributed by atoms with Crippen LogP contribution in [0.4, 0.5) is 4.79 Å². The number of carbonyl (C=O) groups is 1. The van der Waals surface area contributed by atoms with E-state index in [-0.39, 0.29) is 0 Å². The quantitative estimate of drug-likeness (QED) is 0.730. The van der Waals surface area contributed by atoms with E-state index in [1.54, 1.807) is 0 Å². The molecule has 0 saturated heterocycles. The molecule has 0 saturated carbocycles. The highest BCUT2D eigenvalue weighted by Crippen LogP contribution is 2.14. The van der Waals surface area contributed by atoms with Gasteiger partial charge in [-0.05, 0) is 37.0 Å². The molecule has 1 amide bonds. The van der Waals surface area contributed by atoms with Gasteiger partial charge in [-0.1, -0.05) is 54.6 Å². The van der Waals surface area contributed by atoms with Gasteiger partial charge in [0.2, 0.25) is 0 Å². The van der Waals surface area contributed by atoms with Crippen molar-refractivity contribution in [3.8, 4) is 0 Å². The van der Waals surface area contributed by atoms with Crippen LogP contribution in [0.3, 0.4) is 0 Å². The number of rotatable bonds is 7. The van der Waals surface area contributed by atoms with E-state index < -0.39 is 6.09 Å². The third-order valence-electron chi connectivity index (χ3n) is 3.81. The van der Waals surface area contributed by atoms with E-state index in [4.69, 9.17) is 5.11 Å². The molecule has 4 nitrogen and oxygen atoms in total. The van der Waals surface area contributed by atoms with Crippen LogP contribution in [0.1, 0.15) is 36.6 Å². The predicted octanol–water partition coefficient (Wildman–Crippen LogP) is 3.74. The van der Waals surface area contributed by atoms with Crippen LogP contribution >= 0.6 is 0 Å². The van der Waals surface area contributed by atoms with Gasteiger partial charge in [0.05, 0.1) is 0 Å². The zero-order chi connectivity index (χ0) is 16.7. The van der Waals surface area contributed by atoms with Crippen LogP contribution in [-0.4, -0.2) is 17.2 Å². The summed E-state index contributed by atoms with van der Waals surface area (Å²) in [5.41, 5.74) is 3.46. The molecule has 0 fully saturated rings. The van der Waals surface area contributed by atoms with E-state index in [9.17, 15) is 4.79 Å². The Morgan fingerprint density at radius 1 is 1.04 bits per heavy atom. The molecule has 0 bridgehead atoms. The van der Waals surface area contributed by atoms with Gasteiger partial charge in [-0.3, -0.25) is 0 Å². The Labute approximate surface area is 137 Å². The van der Waals surface area contributed by atoms with Crippen LogP contribution in [0.2, 0.25) is 0 Å². The van der Waals surface area contributed by atoms with Crippen LogP contribution < -0.4 is 10.6 Å². The van der Waals surface area contributed by atoms with Gasteiger partial charge in [-0.25, -0.2) is 4.79 Å². The summed E-state index contributed by atoms with van der Waals surface area (Å²) in [4.78, 5) is 10.6. The number of carboxylic acid groups (broad SMARTS) is 1. The molecule has 2 aromatic rings. The topological polar surface area (TPSA) is 61.4 Å². The molecule has 23 heavy (non-hydrogen) atoms. The highest BCUT2D eigenvalue weighted by atomic mass is 16.4. The number of nitrogens with one attached hydrogen (secondary N) is 2. The van der Waals surface area contributed by atoms with Crippen molar-refractivity contribution in [2.45, 2.75) is 38.9 Å². The summed E-state index contributed by atoms with van der Waals surface area (Å²) in [5, 5.41) is 14.7. The molecule has 4 heteroatoms. The van der Waals surface area contributed by atoms with E-state index >= 15 is 0 Å². The van der Waals surface area contributed by atoms with Crippen molar-refractivity contribution in [1.29, 1.82) is 0 Å². The summed E-state index contributed by atoms with van der Waals surface area (Å²) < 4.78 is 0. The summed E-state index contributed by atoms with van der Waals surface area (Å²) >= 11 is 0. The van der Waals surface area contributed by atoms with Gasteiger partial charge in [0.1, 0.15) is 0 Å². The largest absolute Gasteiger partial charge is 0.465 e. The Morgan fingerprint density at radius 3 is 2.43 bits per heavy atom. The molecule has 2 atom stereocenters. The molecule has 0 heterocycles. The van der Waals surface area contributed by atoms with Gasteiger partial charge in [0, 0.05) is 18.6 Å². The van der Waals surface area contributed by atoms with Crippen LogP contribution in [0.5, 0.6) is 0 Å². The van der Waals surface area contributed by atoms with Crippen molar-refractivity contribution >= 4 is 6.09 Å². The van der Waals surface area contributed by atoms with Gasteiger partial charge in [-0.2, -0.15) is 0 Å². The predicted molar refractivity (Wildman–Crippen MR) is 92.5 cm³/mol. The zero-order valence-corrected chi connectivity index (χ0v) is 13.6. The first kappa shape index (κ1) is 17.0. The molecule has 0 aliphatic carbocycles. The summed E-state index contributed by atoms with van der Waals surface area (Å²) in [5.74, 6) is 0. The van der Waals surface area contributed by atoms with Gasteiger partial charge >= 0.3 is 6.09 Å². The summed E-state index contributed by atoms with van der Waals surface area (Å²) in [6, 6.07) is 19.1. The van der Waals surface area contributed by atoms with Crippen molar-refractivity contribution in [3.05, 3.63) is 71.3 Å². The fourth-order valence-electron chi connectivity index (χ4n) is 2.72. The third-order valence-corrected chi connectivity index (χ3v) is 3.81. The highest BCUT2D eigenvalue weighted by Gasteiger charge is 2.10. The first-order valence-corrected chi connectivity index (χ1v) is 7.90. The third kappa shape index (κ3) is 5.75. The maximum Gasteiger partial charge on any atom is 0.404 e. The van der Waals surface area contributed by atoms with E-state index in [0.717, 1.165) is 12.0 Å². The van der Waals surface area contributed by atoms with Crippen LogP contribution in [0, 0.1) is 0 Å². The van der Waals surface area contributed by atoms with Crippen LogP contribution in [0.15, 0.2) is 54.6 Å². The Morgan fingerprint density at radius 2 is 1.74 bits per heavy atom. The fourth-order valence-corrected chi connectivity index (χ4v) is 2.72. The summed E-state index contributed by atoms with van der Waals surface area (Å²) in [6.07, 6.45) is -0.0972. The minimum Gasteiger partial charge on any atom is -0.465 e. The monoisotopic (exact) mass is 312 g/mol. The number of amides is 1. The van der Waals surface area contributed by atoms with Crippen molar-refractivity contribution in [2.75, 3.05) is 0 Å². The molecule has 122 valence electrons. The molecular formula is C19H24N2O2. The maximum absolute atomic E-state index is 10.6. The molecule has 0 aliphatic rings. The Balaban J connectivity index is 1.91. The first-order chi connectivity index (χ1) is 11.0. The lowest BCUT2D eigenvalue weighted by molar-refractivity contribution is 0.194. The molecule has 0 aliphatic heterocycles. The van der Waals surface area contributed by atoms with Gasteiger partial charge in [0.25, 0.3) is 0 Å². The summed E-state index contributed by atoms with van der Waals surface area (Å²) in [6.45, 7) is 4.67. The second kappa shape index (κ2) is 8.34. The molecule has 2 rings (SSSR count).